The van der Waals surface area contributed by atoms with Gasteiger partial charge in [-0.15, -0.1) is 11.3 Å². The van der Waals surface area contributed by atoms with Crippen LogP contribution >= 0.6 is 11.3 Å². The van der Waals surface area contributed by atoms with Crippen LogP contribution in [0.5, 0.6) is 0 Å². The van der Waals surface area contributed by atoms with Gasteiger partial charge in [0.05, 0.1) is 5.69 Å². The number of carbonyl (C=O) groups is 2. The Labute approximate surface area is 90.3 Å². The van der Waals surface area contributed by atoms with Crippen molar-refractivity contribution in [3.63, 3.8) is 0 Å². The summed E-state index contributed by atoms with van der Waals surface area (Å²) in [6.45, 7) is 2.72. The Balaban J connectivity index is 2.43. The van der Waals surface area contributed by atoms with Gasteiger partial charge in [-0.3, -0.25) is 4.79 Å². The molecular weight excluding hydrogens is 216 g/mol. The highest BCUT2D eigenvalue weighted by Gasteiger charge is 2.24. The average molecular weight is 226 g/mol. The van der Waals surface area contributed by atoms with Gasteiger partial charge in [-0.25, -0.2) is 4.79 Å². The van der Waals surface area contributed by atoms with E-state index in [1.165, 1.54) is 13.0 Å². The molecule has 0 spiro atoms. The van der Waals surface area contributed by atoms with Crippen molar-refractivity contribution in [3.8, 4) is 0 Å². The van der Waals surface area contributed by atoms with E-state index in [2.05, 4.69) is 5.32 Å². The van der Waals surface area contributed by atoms with Gasteiger partial charge in [-0.1, -0.05) is 0 Å². The number of anilines is 2. The molecule has 0 fully saturated rings. The van der Waals surface area contributed by atoms with Crippen LogP contribution in [0.15, 0.2) is 6.07 Å². The van der Waals surface area contributed by atoms with E-state index < -0.39 is 5.97 Å². The molecule has 1 aliphatic heterocycles. The van der Waals surface area contributed by atoms with Gasteiger partial charge in [0.25, 0.3) is 0 Å². The standard InChI is InChI=1S/C9H10N2O3S/c1-5(12)11-3-2-10-8-6(11)4-7(15-8)9(13)14/h4,10H,2-3H2,1H3,(H,13,14). The number of hydrogen-bond donors (Lipinski definition) is 2. The summed E-state index contributed by atoms with van der Waals surface area (Å²) in [5.41, 5.74) is 0.677. The van der Waals surface area contributed by atoms with Crippen LogP contribution in [0.1, 0.15) is 16.6 Å². The van der Waals surface area contributed by atoms with E-state index in [9.17, 15) is 9.59 Å². The molecule has 0 radical (unpaired) electrons. The number of fused-ring (bicyclic) bond motifs is 1. The highest BCUT2D eigenvalue weighted by atomic mass is 32.1. The Bertz CT molecular complexity index is 427. The lowest BCUT2D eigenvalue weighted by molar-refractivity contribution is -0.116. The molecule has 0 saturated carbocycles. The molecule has 2 N–H and O–H groups in total. The minimum atomic E-state index is -0.959. The van der Waals surface area contributed by atoms with Crippen molar-refractivity contribution in [2.45, 2.75) is 6.92 Å². The van der Waals surface area contributed by atoms with E-state index in [1.807, 2.05) is 0 Å². The van der Waals surface area contributed by atoms with Crippen LogP contribution in [-0.4, -0.2) is 30.1 Å². The summed E-state index contributed by atoms with van der Waals surface area (Å²) < 4.78 is 0. The van der Waals surface area contributed by atoms with E-state index >= 15 is 0 Å². The van der Waals surface area contributed by atoms with Crippen molar-refractivity contribution in [2.75, 3.05) is 23.3 Å². The number of carbonyl (C=O) groups excluding carboxylic acids is 1. The molecule has 1 aromatic rings. The summed E-state index contributed by atoms with van der Waals surface area (Å²) in [5.74, 6) is -1.02. The number of aromatic carboxylic acids is 1. The van der Waals surface area contributed by atoms with Crippen molar-refractivity contribution in [1.82, 2.24) is 0 Å². The number of hydrogen-bond acceptors (Lipinski definition) is 4. The second kappa shape index (κ2) is 3.54. The molecule has 6 heteroatoms. The highest BCUT2D eigenvalue weighted by Crippen LogP contribution is 2.37. The number of rotatable bonds is 1. The highest BCUT2D eigenvalue weighted by molar-refractivity contribution is 7.18. The first-order valence-corrected chi connectivity index (χ1v) is 5.30. The fourth-order valence-corrected chi connectivity index (χ4v) is 2.47. The van der Waals surface area contributed by atoms with Gasteiger partial charge >= 0.3 is 5.97 Å². The molecule has 5 nitrogen and oxygen atoms in total. The molecule has 0 saturated heterocycles. The summed E-state index contributed by atoms with van der Waals surface area (Å²) in [4.78, 5) is 23.9. The maximum absolute atomic E-state index is 11.3. The molecule has 0 aliphatic carbocycles. The van der Waals surface area contributed by atoms with Gasteiger partial charge in [0.15, 0.2) is 0 Å². The van der Waals surface area contributed by atoms with Gasteiger partial charge in [0, 0.05) is 20.0 Å². The zero-order chi connectivity index (χ0) is 11.0. The van der Waals surface area contributed by atoms with Crippen LogP contribution in [-0.2, 0) is 4.79 Å². The van der Waals surface area contributed by atoms with E-state index in [4.69, 9.17) is 5.11 Å². The SMILES string of the molecule is CC(=O)N1CCNc2sc(C(=O)O)cc21. The Morgan fingerprint density at radius 3 is 2.93 bits per heavy atom. The third kappa shape index (κ3) is 1.68. The summed E-state index contributed by atoms with van der Waals surface area (Å²) in [6.07, 6.45) is 0. The van der Waals surface area contributed by atoms with Gasteiger partial charge in [-0.05, 0) is 6.07 Å². The lowest BCUT2D eigenvalue weighted by atomic mass is 10.3. The number of thiophene rings is 1. The Hall–Kier alpha value is -1.56. The van der Waals surface area contributed by atoms with Crippen LogP contribution in [0.3, 0.4) is 0 Å². The van der Waals surface area contributed by atoms with Gasteiger partial charge in [-0.2, -0.15) is 0 Å². The fourth-order valence-electron chi connectivity index (χ4n) is 1.54. The first-order valence-electron chi connectivity index (χ1n) is 4.48. The van der Waals surface area contributed by atoms with E-state index in [-0.39, 0.29) is 10.8 Å². The van der Waals surface area contributed by atoms with Crippen molar-refractivity contribution in [3.05, 3.63) is 10.9 Å². The van der Waals surface area contributed by atoms with Crippen molar-refractivity contribution < 1.29 is 14.7 Å². The Kier molecular flexibility index (Phi) is 2.36. The first kappa shape index (κ1) is 9.97. The molecule has 15 heavy (non-hydrogen) atoms. The van der Waals surface area contributed by atoms with Crippen LogP contribution in [0, 0.1) is 0 Å². The Morgan fingerprint density at radius 2 is 2.33 bits per heavy atom. The topological polar surface area (TPSA) is 69.6 Å². The lowest BCUT2D eigenvalue weighted by Gasteiger charge is -2.26. The smallest absolute Gasteiger partial charge is 0.346 e. The number of nitrogens with one attached hydrogen (secondary N) is 1. The second-order valence-electron chi connectivity index (χ2n) is 3.23. The number of nitrogens with zero attached hydrogens (tertiary/aromatic N) is 1. The molecule has 0 unspecified atom stereocenters. The molecule has 1 amide bonds. The number of amides is 1. The zero-order valence-electron chi connectivity index (χ0n) is 8.11. The number of carboxylic acid groups (broad SMARTS) is 1. The molecule has 1 aromatic heterocycles. The van der Waals surface area contributed by atoms with Gasteiger partial charge in [0.1, 0.15) is 9.88 Å². The Morgan fingerprint density at radius 1 is 1.60 bits per heavy atom. The molecule has 1 aliphatic rings. The molecular formula is C9H10N2O3S. The normalized spacial score (nSPS) is 14.3. The van der Waals surface area contributed by atoms with Crippen LogP contribution in [0.25, 0.3) is 0 Å². The summed E-state index contributed by atoms with van der Waals surface area (Å²) in [5, 5.41) is 12.7. The third-order valence-corrected chi connectivity index (χ3v) is 3.29. The van der Waals surface area contributed by atoms with E-state index in [0.29, 0.717) is 18.8 Å². The zero-order valence-corrected chi connectivity index (χ0v) is 8.93. The van der Waals surface area contributed by atoms with Crippen LogP contribution in [0.4, 0.5) is 10.7 Å². The first-order chi connectivity index (χ1) is 7.09. The third-order valence-electron chi connectivity index (χ3n) is 2.22. The van der Waals surface area contributed by atoms with E-state index in [1.54, 1.807) is 4.90 Å². The molecule has 2 heterocycles. The molecule has 80 valence electrons. The molecule has 0 bridgehead atoms. The van der Waals surface area contributed by atoms with Crippen LogP contribution < -0.4 is 10.2 Å². The minimum Gasteiger partial charge on any atom is -0.477 e. The second-order valence-corrected chi connectivity index (χ2v) is 4.28. The summed E-state index contributed by atoms with van der Waals surface area (Å²) >= 11 is 1.16. The quantitative estimate of drug-likeness (QED) is 0.755. The monoisotopic (exact) mass is 226 g/mol. The summed E-state index contributed by atoms with van der Waals surface area (Å²) in [6, 6.07) is 1.54. The average Bonchev–Trinajstić information content (AvgIpc) is 2.60. The van der Waals surface area contributed by atoms with E-state index in [0.717, 1.165) is 16.3 Å². The maximum Gasteiger partial charge on any atom is 0.346 e. The van der Waals surface area contributed by atoms with Crippen molar-refractivity contribution in [2.24, 2.45) is 0 Å². The van der Waals surface area contributed by atoms with Gasteiger partial charge < -0.3 is 15.3 Å². The predicted octanol–water partition coefficient (Wildman–Crippen LogP) is 1.22. The summed E-state index contributed by atoms with van der Waals surface area (Å²) in [7, 11) is 0. The minimum absolute atomic E-state index is 0.0625. The van der Waals surface area contributed by atoms with Gasteiger partial charge in [0.2, 0.25) is 5.91 Å². The molecule has 0 aromatic carbocycles. The maximum atomic E-state index is 11.3. The van der Waals surface area contributed by atoms with Crippen LogP contribution in [0.2, 0.25) is 0 Å². The molecule has 0 atom stereocenters. The van der Waals surface area contributed by atoms with Crippen molar-refractivity contribution in [1.29, 1.82) is 0 Å². The lowest BCUT2D eigenvalue weighted by Crippen LogP contribution is -2.36. The number of carboxylic acids is 1. The largest absolute Gasteiger partial charge is 0.477 e. The predicted molar refractivity (Wildman–Crippen MR) is 57.8 cm³/mol. The fraction of sp³-hybridized carbons (Fsp3) is 0.333. The van der Waals surface area contributed by atoms with Crippen molar-refractivity contribution >= 4 is 33.9 Å². The molecule has 2 rings (SSSR count).